The van der Waals surface area contributed by atoms with Crippen molar-refractivity contribution >= 4 is 22.9 Å². The molecule has 1 saturated heterocycles. The second-order valence-electron chi connectivity index (χ2n) is 6.41. The van der Waals surface area contributed by atoms with E-state index in [2.05, 4.69) is 19.9 Å². The van der Waals surface area contributed by atoms with Crippen LogP contribution < -0.4 is 4.74 Å². The van der Waals surface area contributed by atoms with E-state index in [1.807, 2.05) is 41.8 Å². The molecular formula is C19H21ClN4O2S. The Kier molecular flexibility index (Phi) is 6.03. The van der Waals surface area contributed by atoms with Gasteiger partial charge in [-0.3, -0.25) is 9.80 Å². The fourth-order valence-corrected chi connectivity index (χ4v) is 3.79. The first-order valence-corrected chi connectivity index (χ1v) is 10.2. The third-order valence-corrected chi connectivity index (χ3v) is 5.64. The van der Waals surface area contributed by atoms with Crippen LogP contribution in [0.5, 0.6) is 5.75 Å². The third kappa shape index (κ3) is 5.07. The molecule has 0 bridgehead atoms. The Labute approximate surface area is 167 Å². The van der Waals surface area contributed by atoms with Crippen LogP contribution in [-0.4, -0.2) is 59.3 Å². The summed E-state index contributed by atoms with van der Waals surface area (Å²) in [4.78, 5) is 10.3. The number of benzene rings is 1. The molecule has 0 saturated carbocycles. The van der Waals surface area contributed by atoms with Gasteiger partial charge in [0, 0.05) is 37.7 Å². The normalized spacial score (nSPS) is 15.9. The highest BCUT2D eigenvalue weighted by atomic mass is 35.5. The predicted octanol–water partition coefficient (Wildman–Crippen LogP) is 3.65. The van der Waals surface area contributed by atoms with Gasteiger partial charge >= 0.3 is 0 Å². The Bertz CT molecular complexity index is 830. The molecule has 0 amide bonds. The van der Waals surface area contributed by atoms with Gasteiger partial charge in [-0.05, 0) is 35.7 Å². The van der Waals surface area contributed by atoms with Crippen molar-refractivity contribution in [3.63, 3.8) is 0 Å². The maximum Gasteiger partial charge on any atom is 0.241 e. The van der Waals surface area contributed by atoms with Crippen LogP contribution in [0.25, 0.3) is 10.7 Å². The zero-order valence-corrected chi connectivity index (χ0v) is 16.5. The van der Waals surface area contributed by atoms with Crippen LogP contribution in [-0.2, 0) is 6.54 Å². The van der Waals surface area contributed by atoms with Gasteiger partial charge in [-0.25, -0.2) is 0 Å². The molecule has 0 N–H and O–H groups in total. The maximum absolute atomic E-state index is 5.88. The van der Waals surface area contributed by atoms with Crippen LogP contribution in [0.2, 0.25) is 5.02 Å². The zero-order chi connectivity index (χ0) is 18.5. The fraction of sp³-hybridized carbons (Fsp3) is 0.368. The van der Waals surface area contributed by atoms with E-state index >= 15 is 0 Å². The number of hydrogen-bond donors (Lipinski definition) is 0. The average molecular weight is 405 g/mol. The molecule has 0 atom stereocenters. The lowest BCUT2D eigenvalue weighted by Crippen LogP contribution is -2.47. The molecule has 0 spiro atoms. The molecule has 2 aromatic heterocycles. The lowest BCUT2D eigenvalue weighted by atomic mass is 10.3. The Balaban J connectivity index is 1.18. The SMILES string of the molecule is Clc1ccc(OCCN2CCN(Cc3nc(-c4cccs4)no3)CC2)cc1. The fourth-order valence-electron chi connectivity index (χ4n) is 3.01. The van der Waals surface area contributed by atoms with E-state index in [4.69, 9.17) is 20.9 Å². The lowest BCUT2D eigenvalue weighted by Gasteiger charge is -2.33. The molecule has 3 heterocycles. The predicted molar refractivity (Wildman–Crippen MR) is 106 cm³/mol. The van der Waals surface area contributed by atoms with Gasteiger partial charge in [0.25, 0.3) is 0 Å². The van der Waals surface area contributed by atoms with Crippen molar-refractivity contribution in [1.82, 2.24) is 19.9 Å². The van der Waals surface area contributed by atoms with Gasteiger partial charge in [-0.1, -0.05) is 22.8 Å². The Morgan fingerprint density at radius 1 is 1.07 bits per heavy atom. The summed E-state index contributed by atoms with van der Waals surface area (Å²) in [5.74, 6) is 2.21. The standard InChI is InChI=1S/C19H21ClN4O2S/c20-15-3-5-16(6-4-15)25-12-11-23-7-9-24(10-8-23)14-18-21-19(22-26-18)17-2-1-13-27-17/h1-6,13H,7-12,14H2. The van der Waals surface area contributed by atoms with Crippen molar-refractivity contribution in [2.24, 2.45) is 0 Å². The molecule has 1 fully saturated rings. The van der Waals surface area contributed by atoms with E-state index in [0.29, 0.717) is 24.9 Å². The molecule has 4 rings (SSSR count). The van der Waals surface area contributed by atoms with Gasteiger partial charge in [0.1, 0.15) is 12.4 Å². The highest BCUT2D eigenvalue weighted by Crippen LogP contribution is 2.21. The molecule has 0 unspecified atom stereocenters. The van der Waals surface area contributed by atoms with E-state index in [1.165, 1.54) is 0 Å². The molecule has 8 heteroatoms. The van der Waals surface area contributed by atoms with Crippen LogP contribution >= 0.6 is 22.9 Å². The zero-order valence-electron chi connectivity index (χ0n) is 14.9. The lowest BCUT2D eigenvalue weighted by molar-refractivity contribution is 0.104. The Hall–Kier alpha value is -1.93. The number of aromatic nitrogens is 2. The average Bonchev–Trinajstić information content (AvgIpc) is 3.36. The van der Waals surface area contributed by atoms with Gasteiger partial charge in [0.15, 0.2) is 0 Å². The van der Waals surface area contributed by atoms with E-state index in [1.54, 1.807) is 11.3 Å². The minimum Gasteiger partial charge on any atom is -0.492 e. The van der Waals surface area contributed by atoms with Crippen molar-refractivity contribution in [3.8, 4) is 16.5 Å². The number of halogens is 1. The van der Waals surface area contributed by atoms with Crippen LogP contribution in [0.3, 0.4) is 0 Å². The number of piperazine rings is 1. The van der Waals surface area contributed by atoms with Crippen molar-refractivity contribution in [1.29, 1.82) is 0 Å². The summed E-state index contributed by atoms with van der Waals surface area (Å²) in [6, 6.07) is 11.5. The van der Waals surface area contributed by atoms with Gasteiger partial charge < -0.3 is 9.26 Å². The molecule has 27 heavy (non-hydrogen) atoms. The van der Waals surface area contributed by atoms with Crippen molar-refractivity contribution in [3.05, 3.63) is 52.7 Å². The van der Waals surface area contributed by atoms with E-state index in [-0.39, 0.29) is 0 Å². The number of hydrogen-bond acceptors (Lipinski definition) is 7. The smallest absolute Gasteiger partial charge is 0.241 e. The van der Waals surface area contributed by atoms with Crippen molar-refractivity contribution < 1.29 is 9.26 Å². The number of nitrogens with zero attached hydrogens (tertiary/aromatic N) is 4. The number of rotatable bonds is 7. The molecule has 1 aliphatic rings. The van der Waals surface area contributed by atoms with Crippen molar-refractivity contribution in [2.75, 3.05) is 39.3 Å². The van der Waals surface area contributed by atoms with Crippen LogP contribution in [0.15, 0.2) is 46.3 Å². The minimum absolute atomic E-state index is 0.676. The van der Waals surface area contributed by atoms with Gasteiger partial charge in [0.2, 0.25) is 11.7 Å². The molecule has 142 valence electrons. The van der Waals surface area contributed by atoms with Crippen LogP contribution in [0.1, 0.15) is 5.89 Å². The molecule has 0 aliphatic carbocycles. The highest BCUT2D eigenvalue weighted by Gasteiger charge is 2.19. The first kappa shape index (κ1) is 18.4. The molecule has 6 nitrogen and oxygen atoms in total. The van der Waals surface area contributed by atoms with Gasteiger partial charge in [-0.15, -0.1) is 11.3 Å². The van der Waals surface area contributed by atoms with E-state index in [9.17, 15) is 0 Å². The molecule has 1 aromatic carbocycles. The Morgan fingerprint density at radius 2 is 1.85 bits per heavy atom. The third-order valence-electron chi connectivity index (χ3n) is 4.52. The summed E-state index contributed by atoms with van der Waals surface area (Å²) in [6.07, 6.45) is 0. The maximum atomic E-state index is 5.88. The molecule has 1 aliphatic heterocycles. The minimum atomic E-state index is 0.676. The van der Waals surface area contributed by atoms with Gasteiger partial charge in [-0.2, -0.15) is 4.98 Å². The van der Waals surface area contributed by atoms with E-state index in [0.717, 1.165) is 48.4 Å². The van der Waals surface area contributed by atoms with E-state index < -0.39 is 0 Å². The van der Waals surface area contributed by atoms with Crippen molar-refractivity contribution in [2.45, 2.75) is 6.54 Å². The second kappa shape index (κ2) is 8.84. The second-order valence-corrected chi connectivity index (χ2v) is 7.79. The first-order valence-electron chi connectivity index (χ1n) is 8.96. The number of ether oxygens (including phenoxy) is 1. The highest BCUT2D eigenvalue weighted by molar-refractivity contribution is 7.13. The topological polar surface area (TPSA) is 54.6 Å². The molecular weight excluding hydrogens is 384 g/mol. The summed E-state index contributed by atoms with van der Waals surface area (Å²) in [5.41, 5.74) is 0. The summed E-state index contributed by atoms with van der Waals surface area (Å²) in [6.45, 7) is 6.28. The summed E-state index contributed by atoms with van der Waals surface area (Å²) < 4.78 is 11.2. The van der Waals surface area contributed by atoms with Crippen LogP contribution in [0, 0.1) is 0 Å². The van der Waals surface area contributed by atoms with Gasteiger partial charge in [0.05, 0.1) is 11.4 Å². The summed E-state index contributed by atoms with van der Waals surface area (Å²) in [7, 11) is 0. The number of thiophene rings is 1. The summed E-state index contributed by atoms with van der Waals surface area (Å²) >= 11 is 7.50. The molecule has 0 radical (unpaired) electrons. The monoisotopic (exact) mass is 404 g/mol. The largest absolute Gasteiger partial charge is 0.492 e. The van der Waals surface area contributed by atoms with Crippen LogP contribution in [0.4, 0.5) is 0 Å². The first-order chi connectivity index (χ1) is 13.3. The Morgan fingerprint density at radius 3 is 2.59 bits per heavy atom. The quantitative estimate of drug-likeness (QED) is 0.599. The molecule has 3 aromatic rings. The summed E-state index contributed by atoms with van der Waals surface area (Å²) in [5, 5.41) is 6.82.